The van der Waals surface area contributed by atoms with E-state index in [1.807, 2.05) is 30.5 Å². The predicted molar refractivity (Wildman–Crippen MR) is 88.6 cm³/mol. The van der Waals surface area contributed by atoms with Crippen LogP contribution < -0.4 is 5.43 Å². The first-order chi connectivity index (χ1) is 11.3. The van der Waals surface area contributed by atoms with Crippen LogP contribution in [0.2, 0.25) is 0 Å². The molecule has 2 heterocycles. The molecular formula is C17H17N5O. The number of rotatable bonds is 3. The SMILES string of the molecule is O=C(NN=Cc1c[nH]c2ccccc12)c1n[nH]c2c1CCCC2. The molecule has 3 N–H and O–H groups in total. The molecular weight excluding hydrogens is 290 g/mol. The van der Waals surface area contributed by atoms with E-state index < -0.39 is 0 Å². The summed E-state index contributed by atoms with van der Waals surface area (Å²) in [5.41, 5.74) is 7.14. The average molecular weight is 307 g/mol. The number of hydrogen-bond donors (Lipinski definition) is 3. The molecule has 4 rings (SSSR count). The Morgan fingerprint density at radius 3 is 3.09 bits per heavy atom. The zero-order valence-electron chi connectivity index (χ0n) is 12.6. The molecule has 0 unspecified atom stereocenters. The molecule has 6 nitrogen and oxygen atoms in total. The summed E-state index contributed by atoms with van der Waals surface area (Å²) in [6.07, 6.45) is 7.64. The van der Waals surface area contributed by atoms with E-state index in [4.69, 9.17) is 0 Å². The number of aryl methyl sites for hydroxylation is 1. The Morgan fingerprint density at radius 1 is 1.26 bits per heavy atom. The minimum Gasteiger partial charge on any atom is -0.361 e. The summed E-state index contributed by atoms with van der Waals surface area (Å²) in [6, 6.07) is 7.96. The van der Waals surface area contributed by atoms with Crippen LogP contribution in [0.5, 0.6) is 0 Å². The molecule has 0 atom stereocenters. The molecule has 0 saturated heterocycles. The third-order valence-electron chi connectivity index (χ3n) is 4.26. The van der Waals surface area contributed by atoms with Gasteiger partial charge in [-0.25, -0.2) is 5.43 Å². The summed E-state index contributed by atoms with van der Waals surface area (Å²) in [6.45, 7) is 0. The van der Waals surface area contributed by atoms with Gasteiger partial charge in [-0.3, -0.25) is 9.89 Å². The quantitative estimate of drug-likeness (QED) is 0.513. The van der Waals surface area contributed by atoms with Crippen LogP contribution in [0.1, 0.15) is 40.2 Å². The monoisotopic (exact) mass is 307 g/mol. The van der Waals surface area contributed by atoms with Gasteiger partial charge in [0.1, 0.15) is 0 Å². The summed E-state index contributed by atoms with van der Waals surface area (Å²) in [7, 11) is 0. The number of carbonyl (C=O) groups is 1. The van der Waals surface area contributed by atoms with Gasteiger partial charge >= 0.3 is 0 Å². The maximum atomic E-state index is 12.3. The fraction of sp³-hybridized carbons (Fsp3) is 0.235. The van der Waals surface area contributed by atoms with Gasteiger partial charge in [0.2, 0.25) is 0 Å². The number of nitrogens with one attached hydrogen (secondary N) is 3. The number of hydrogen-bond acceptors (Lipinski definition) is 3. The highest BCUT2D eigenvalue weighted by Gasteiger charge is 2.21. The number of para-hydroxylation sites is 1. The zero-order chi connectivity index (χ0) is 15.6. The third-order valence-corrected chi connectivity index (χ3v) is 4.26. The molecule has 116 valence electrons. The molecule has 0 aliphatic heterocycles. The van der Waals surface area contributed by atoms with E-state index in [1.54, 1.807) is 6.21 Å². The van der Waals surface area contributed by atoms with Gasteiger partial charge in [-0.15, -0.1) is 0 Å². The molecule has 0 spiro atoms. The summed E-state index contributed by atoms with van der Waals surface area (Å²) >= 11 is 0. The lowest BCUT2D eigenvalue weighted by atomic mass is 9.96. The van der Waals surface area contributed by atoms with E-state index in [0.717, 1.165) is 53.4 Å². The third kappa shape index (κ3) is 2.52. The Labute approximate surface area is 133 Å². The van der Waals surface area contributed by atoms with Gasteiger partial charge < -0.3 is 4.98 Å². The molecule has 1 aliphatic carbocycles. The number of aromatic nitrogens is 3. The predicted octanol–water partition coefficient (Wildman–Crippen LogP) is 2.53. The van der Waals surface area contributed by atoms with Gasteiger partial charge in [-0.1, -0.05) is 18.2 Å². The Hall–Kier alpha value is -2.89. The van der Waals surface area contributed by atoms with Crippen molar-refractivity contribution >= 4 is 23.0 Å². The molecule has 3 aromatic rings. The minimum absolute atomic E-state index is 0.263. The highest BCUT2D eigenvalue weighted by molar-refractivity contribution is 6.00. The maximum Gasteiger partial charge on any atom is 0.292 e. The number of H-pyrrole nitrogens is 2. The van der Waals surface area contributed by atoms with Crippen molar-refractivity contribution in [3.63, 3.8) is 0 Å². The lowest BCUT2D eigenvalue weighted by molar-refractivity contribution is 0.0949. The fourth-order valence-electron chi connectivity index (χ4n) is 3.08. The average Bonchev–Trinajstić information content (AvgIpc) is 3.19. The second kappa shape index (κ2) is 5.72. The maximum absolute atomic E-state index is 12.3. The highest BCUT2D eigenvalue weighted by Crippen LogP contribution is 2.22. The Kier molecular flexibility index (Phi) is 3.42. The molecule has 1 aliphatic rings. The van der Waals surface area contributed by atoms with Gasteiger partial charge in [0.05, 0.1) is 6.21 Å². The molecule has 0 saturated carbocycles. The molecule has 23 heavy (non-hydrogen) atoms. The second-order valence-electron chi connectivity index (χ2n) is 5.73. The van der Waals surface area contributed by atoms with Crippen molar-refractivity contribution in [1.82, 2.24) is 20.6 Å². The number of amides is 1. The van der Waals surface area contributed by atoms with Crippen molar-refractivity contribution in [2.24, 2.45) is 5.10 Å². The Balaban J connectivity index is 1.50. The Bertz CT molecular complexity index is 889. The molecule has 0 radical (unpaired) electrons. The number of hydrazone groups is 1. The van der Waals surface area contributed by atoms with Crippen LogP contribution >= 0.6 is 0 Å². The zero-order valence-corrected chi connectivity index (χ0v) is 12.6. The van der Waals surface area contributed by atoms with Crippen molar-refractivity contribution in [1.29, 1.82) is 0 Å². The van der Waals surface area contributed by atoms with Crippen molar-refractivity contribution in [2.75, 3.05) is 0 Å². The van der Waals surface area contributed by atoms with Crippen LogP contribution in [-0.4, -0.2) is 27.3 Å². The molecule has 1 amide bonds. The van der Waals surface area contributed by atoms with E-state index >= 15 is 0 Å². The fourth-order valence-corrected chi connectivity index (χ4v) is 3.08. The van der Waals surface area contributed by atoms with Crippen LogP contribution in [0, 0.1) is 0 Å². The number of benzene rings is 1. The van der Waals surface area contributed by atoms with Crippen molar-refractivity contribution in [2.45, 2.75) is 25.7 Å². The van der Waals surface area contributed by atoms with Gasteiger partial charge in [-0.2, -0.15) is 10.2 Å². The van der Waals surface area contributed by atoms with Gasteiger partial charge in [0, 0.05) is 33.9 Å². The van der Waals surface area contributed by atoms with E-state index in [9.17, 15) is 4.79 Å². The van der Waals surface area contributed by atoms with Crippen LogP contribution in [-0.2, 0) is 12.8 Å². The first-order valence-electron chi connectivity index (χ1n) is 7.78. The number of fused-ring (bicyclic) bond motifs is 2. The molecule has 6 heteroatoms. The molecule has 1 aromatic carbocycles. The van der Waals surface area contributed by atoms with E-state index in [-0.39, 0.29) is 5.91 Å². The minimum atomic E-state index is -0.263. The van der Waals surface area contributed by atoms with Crippen LogP contribution in [0.4, 0.5) is 0 Å². The number of nitrogens with zero attached hydrogens (tertiary/aromatic N) is 2. The van der Waals surface area contributed by atoms with E-state index in [0.29, 0.717) is 5.69 Å². The molecule has 0 bridgehead atoms. The molecule has 2 aromatic heterocycles. The number of aromatic amines is 2. The van der Waals surface area contributed by atoms with Gasteiger partial charge in [0.15, 0.2) is 5.69 Å². The van der Waals surface area contributed by atoms with E-state index in [2.05, 4.69) is 25.7 Å². The normalized spacial score (nSPS) is 14.3. The molecule has 0 fully saturated rings. The van der Waals surface area contributed by atoms with Crippen LogP contribution in [0.15, 0.2) is 35.6 Å². The first-order valence-corrected chi connectivity index (χ1v) is 7.78. The summed E-state index contributed by atoms with van der Waals surface area (Å²) in [5.74, 6) is -0.263. The van der Waals surface area contributed by atoms with Crippen LogP contribution in [0.3, 0.4) is 0 Å². The van der Waals surface area contributed by atoms with E-state index in [1.165, 1.54) is 0 Å². The lowest BCUT2D eigenvalue weighted by Gasteiger charge is -2.10. The van der Waals surface area contributed by atoms with Crippen molar-refractivity contribution in [3.05, 3.63) is 53.0 Å². The van der Waals surface area contributed by atoms with Crippen molar-refractivity contribution < 1.29 is 4.79 Å². The summed E-state index contributed by atoms with van der Waals surface area (Å²) < 4.78 is 0. The Morgan fingerprint density at radius 2 is 2.13 bits per heavy atom. The van der Waals surface area contributed by atoms with Gasteiger partial charge in [-0.05, 0) is 31.7 Å². The summed E-state index contributed by atoms with van der Waals surface area (Å²) in [5, 5.41) is 12.3. The standard InChI is InChI=1S/C17H17N5O/c23-17(16-13-6-2-4-8-15(13)20-21-16)22-19-10-11-9-18-14-7-3-1-5-12(11)14/h1,3,5,7,9-10,18H,2,4,6,8H2,(H,20,21)(H,22,23). The smallest absolute Gasteiger partial charge is 0.292 e. The van der Waals surface area contributed by atoms with Gasteiger partial charge in [0.25, 0.3) is 5.91 Å². The van der Waals surface area contributed by atoms with Crippen LogP contribution in [0.25, 0.3) is 10.9 Å². The van der Waals surface area contributed by atoms with Crippen molar-refractivity contribution in [3.8, 4) is 0 Å². The topological polar surface area (TPSA) is 85.9 Å². The number of carbonyl (C=O) groups excluding carboxylic acids is 1. The second-order valence-corrected chi connectivity index (χ2v) is 5.73. The largest absolute Gasteiger partial charge is 0.361 e. The first kappa shape index (κ1) is 13.8. The lowest BCUT2D eigenvalue weighted by Crippen LogP contribution is -2.20. The summed E-state index contributed by atoms with van der Waals surface area (Å²) in [4.78, 5) is 15.4. The highest BCUT2D eigenvalue weighted by atomic mass is 16.2.